The quantitative estimate of drug-likeness (QED) is 0.582. The van der Waals surface area contributed by atoms with Crippen molar-refractivity contribution in [3.63, 3.8) is 0 Å². The Kier molecular flexibility index (Phi) is 3.94. The minimum absolute atomic E-state index is 0.0831. The van der Waals surface area contributed by atoms with Gasteiger partial charge in [-0.2, -0.15) is 0 Å². The van der Waals surface area contributed by atoms with Crippen LogP contribution in [0.15, 0.2) is 60.7 Å². The van der Waals surface area contributed by atoms with Crippen LogP contribution in [0.2, 0.25) is 0 Å². The van der Waals surface area contributed by atoms with Gasteiger partial charge in [-0.15, -0.1) is 12.3 Å². The largest absolute Gasteiger partial charge is 0.293 e. The molecule has 0 saturated carbocycles. The van der Waals surface area contributed by atoms with Gasteiger partial charge in [0, 0.05) is 12.0 Å². The molecule has 0 aliphatic carbocycles. The lowest BCUT2D eigenvalue weighted by Crippen LogP contribution is -2.12. The molecule has 2 aromatic carbocycles. The summed E-state index contributed by atoms with van der Waals surface area (Å²) in [4.78, 5) is 12.4. The number of hydrogen-bond donors (Lipinski definition) is 0. The average Bonchev–Trinajstić information content (AvgIpc) is 2.46. The van der Waals surface area contributed by atoms with Crippen molar-refractivity contribution in [2.45, 2.75) is 12.3 Å². The van der Waals surface area contributed by atoms with Gasteiger partial charge in [0.1, 0.15) is 0 Å². The van der Waals surface area contributed by atoms with Gasteiger partial charge in [-0.3, -0.25) is 4.79 Å². The van der Waals surface area contributed by atoms with Gasteiger partial charge in [-0.05, 0) is 5.56 Å². The molecule has 0 aliphatic heterocycles. The summed E-state index contributed by atoms with van der Waals surface area (Å²) in [6.07, 6.45) is 5.81. The van der Waals surface area contributed by atoms with Crippen LogP contribution in [0.3, 0.4) is 0 Å². The third-order valence-corrected chi connectivity index (χ3v) is 2.90. The van der Waals surface area contributed by atoms with Gasteiger partial charge < -0.3 is 0 Å². The Morgan fingerprint density at radius 1 is 1.00 bits per heavy atom. The van der Waals surface area contributed by atoms with Crippen LogP contribution in [0.1, 0.15) is 28.3 Å². The normalized spacial score (nSPS) is 11.5. The Bertz CT molecular complexity index is 549. The lowest BCUT2D eigenvalue weighted by atomic mass is 9.88. The van der Waals surface area contributed by atoms with E-state index in [2.05, 4.69) is 5.92 Å². The smallest absolute Gasteiger partial charge is 0.171 e. The van der Waals surface area contributed by atoms with E-state index in [-0.39, 0.29) is 11.7 Å². The molecule has 2 rings (SSSR count). The highest BCUT2D eigenvalue weighted by atomic mass is 16.1. The molecule has 0 saturated heterocycles. The van der Waals surface area contributed by atoms with Gasteiger partial charge in [-0.1, -0.05) is 60.7 Å². The molecule has 0 spiro atoms. The standard InChI is InChI=1S/C17H14O/c1-2-9-16(14-10-5-3-6-11-14)17(18)15-12-7-4-8-13-15/h1,3-8,10-13,16H,9H2. The highest BCUT2D eigenvalue weighted by Gasteiger charge is 2.20. The lowest BCUT2D eigenvalue weighted by Gasteiger charge is -2.13. The first-order valence-electron chi connectivity index (χ1n) is 5.90. The molecule has 0 aliphatic rings. The first-order valence-corrected chi connectivity index (χ1v) is 5.90. The number of hydrogen-bond acceptors (Lipinski definition) is 1. The maximum Gasteiger partial charge on any atom is 0.171 e. The highest BCUT2D eigenvalue weighted by Crippen LogP contribution is 2.23. The summed E-state index contributed by atoms with van der Waals surface area (Å²) >= 11 is 0. The maximum absolute atomic E-state index is 12.4. The van der Waals surface area contributed by atoms with Gasteiger partial charge >= 0.3 is 0 Å². The van der Waals surface area contributed by atoms with Crippen LogP contribution in [-0.2, 0) is 0 Å². The Morgan fingerprint density at radius 2 is 1.56 bits per heavy atom. The minimum Gasteiger partial charge on any atom is -0.293 e. The highest BCUT2D eigenvalue weighted by molar-refractivity contribution is 6.01. The number of rotatable bonds is 4. The van der Waals surface area contributed by atoms with Crippen molar-refractivity contribution in [1.82, 2.24) is 0 Å². The van der Waals surface area contributed by atoms with E-state index in [1.807, 2.05) is 60.7 Å². The van der Waals surface area contributed by atoms with Crippen molar-refractivity contribution >= 4 is 5.78 Å². The van der Waals surface area contributed by atoms with Gasteiger partial charge in [0.2, 0.25) is 0 Å². The third kappa shape index (κ3) is 2.67. The Hall–Kier alpha value is -2.33. The molecule has 1 atom stereocenters. The first kappa shape index (κ1) is 12.1. The van der Waals surface area contributed by atoms with Crippen molar-refractivity contribution in [2.24, 2.45) is 0 Å². The number of Topliss-reactive ketones (excluding diaryl/α,β-unsaturated/α-hetero) is 1. The Morgan fingerprint density at radius 3 is 2.11 bits per heavy atom. The van der Waals surface area contributed by atoms with Crippen molar-refractivity contribution in [3.8, 4) is 12.3 Å². The van der Waals surface area contributed by atoms with E-state index in [1.54, 1.807) is 0 Å². The predicted octanol–water partition coefficient (Wildman–Crippen LogP) is 3.68. The molecule has 18 heavy (non-hydrogen) atoms. The number of benzene rings is 2. The molecule has 2 aromatic rings. The van der Waals surface area contributed by atoms with E-state index in [1.165, 1.54) is 0 Å². The average molecular weight is 234 g/mol. The van der Waals surface area contributed by atoms with Crippen molar-refractivity contribution < 1.29 is 4.79 Å². The SMILES string of the molecule is C#CCC(C(=O)c1ccccc1)c1ccccc1. The Balaban J connectivity index is 2.32. The Labute approximate surface area is 107 Å². The summed E-state index contributed by atoms with van der Waals surface area (Å²) in [6, 6.07) is 19.0. The van der Waals surface area contributed by atoms with Gasteiger partial charge in [-0.25, -0.2) is 0 Å². The molecule has 0 heterocycles. The minimum atomic E-state index is -0.251. The first-order chi connectivity index (χ1) is 8.83. The zero-order chi connectivity index (χ0) is 12.8. The second kappa shape index (κ2) is 5.84. The number of carbonyl (C=O) groups excluding carboxylic acids is 1. The zero-order valence-corrected chi connectivity index (χ0v) is 10.0. The number of ketones is 1. The topological polar surface area (TPSA) is 17.1 Å². The monoisotopic (exact) mass is 234 g/mol. The van der Waals surface area contributed by atoms with Crippen LogP contribution in [0, 0.1) is 12.3 Å². The molecule has 0 N–H and O–H groups in total. The molecule has 0 radical (unpaired) electrons. The van der Waals surface area contributed by atoms with Crippen LogP contribution in [0.5, 0.6) is 0 Å². The summed E-state index contributed by atoms with van der Waals surface area (Å²) in [5.74, 6) is 2.43. The molecular weight excluding hydrogens is 220 g/mol. The predicted molar refractivity (Wildman–Crippen MR) is 73.4 cm³/mol. The van der Waals surface area contributed by atoms with Crippen molar-refractivity contribution in [2.75, 3.05) is 0 Å². The number of terminal acetylenes is 1. The van der Waals surface area contributed by atoms with Crippen molar-refractivity contribution in [1.29, 1.82) is 0 Å². The molecule has 88 valence electrons. The summed E-state index contributed by atoms with van der Waals surface area (Å²) in [6.45, 7) is 0. The molecule has 0 fully saturated rings. The molecule has 1 unspecified atom stereocenters. The molecule has 0 aromatic heterocycles. The van der Waals surface area contributed by atoms with Gasteiger partial charge in [0.15, 0.2) is 5.78 Å². The van der Waals surface area contributed by atoms with E-state index in [0.717, 1.165) is 5.56 Å². The fourth-order valence-electron chi connectivity index (χ4n) is 1.97. The second-order valence-electron chi connectivity index (χ2n) is 4.10. The van der Waals surface area contributed by atoms with Gasteiger partial charge in [0.25, 0.3) is 0 Å². The van der Waals surface area contributed by atoms with E-state index >= 15 is 0 Å². The van der Waals surface area contributed by atoms with Crippen LogP contribution < -0.4 is 0 Å². The summed E-state index contributed by atoms with van der Waals surface area (Å²) in [7, 11) is 0. The fourth-order valence-corrected chi connectivity index (χ4v) is 1.97. The molecule has 0 amide bonds. The van der Waals surface area contributed by atoms with Crippen LogP contribution in [-0.4, -0.2) is 5.78 Å². The molecular formula is C17H14O. The maximum atomic E-state index is 12.4. The summed E-state index contributed by atoms with van der Waals surface area (Å²) in [5, 5.41) is 0. The van der Waals surface area contributed by atoms with E-state index in [9.17, 15) is 4.79 Å². The fraction of sp³-hybridized carbons (Fsp3) is 0.118. The second-order valence-corrected chi connectivity index (χ2v) is 4.10. The van der Waals surface area contributed by atoms with E-state index < -0.39 is 0 Å². The summed E-state index contributed by atoms with van der Waals surface area (Å²) < 4.78 is 0. The van der Waals surface area contributed by atoms with Crippen LogP contribution >= 0.6 is 0 Å². The van der Waals surface area contributed by atoms with E-state index in [4.69, 9.17) is 6.42 Å². The molecule has 0 bridgehead atoms. The zero-order valence-electron chi connectivity index (χ0n) is 10.0. The molecule has 1 nitrogen and oxygen atoms in total. The van der Waals surface area contributed by atoms with Gasteiger partial charge in [0.05, 0.1) is 5.92 Å². The summed E-state index contributed by atoms with van der Waals surface area (Å²) in [5.41, 5.74) is 1.69. The third-order valence-electron chi connectivity index (χ3n) is 2.90. The number of carbonyl (C=O) groups is 1. The van der Waals surface area contributed by atoms with E-state index in [0.29, 0.717) is 12.0 Å². The lowest BCUT2D eigenvalue weighted by molar-refractivity contribution is 0.0961. The van der Waals surface area contributed by atoms with Crippen LogP contribution in [0.25, 0.3) is 0 Å². The van der Waals surface area contributed by atoms with Crippen molar-refractivity contribution in [3.05, 3.63) is 71.8 Å². The van der Waals surface area contributed by atoms with Crippen LogP contribution in [0.4, 0.5) is 0 Å². The molecule has 1 heteroatoms.